The molecule has 0 aliphatic carbocycles. The molecule has 1 fully saturated rings. The standard InChI is InChI=1S/C12H16N2O3S/c1-9-14-10(8-18-9)2-3-12(15)13-6-11-7-16-4-5-17-11/h2-3,8,11H,4-7H2,1H3,(H,13,15)/b3-2-/t11-/m1/s1. The maximum atomic E-state index is 11.5. The van der Waals surface area contributed by atoms with Gasteiger partial charge in [-0.25, -0.2) is 4.98 Å². The average Bonchev–Trinajstić information content (AvgIpc) is 2.81. The highest BCUT2D eigenvalue weighted by molar-refractivity contribution is 7.09. The van der Waals surface area contributed by atoms with Crippen molar-refractivity contribution in [3.05, 3.63) is 22.2 Å². The third kappa shape index (κ3) is 4.21. The lowest BCUT2D eigenvalue weighted by atomic mass is 10.3. The van der Waals surface area contributed by atoms with Gasteiger partial charge in [0.2, 0.25) is 5.91 Å². The van der Waals surface area contributed by atoms with Gasteiger partial charge in [-0.3, -0.25) is 4.79 Å². The van der Waals surface area contributed by atoms with Crippen LogP contribution in [0.25, 0.3) is 6.08 Å². The van der Waals surface area contributed by atoms with Crippen LogP contribution in [-0.2, 0) is 14.3 Å². The molecule has 1 saturated heterocycles. The summed E-state index contributed by atoms with van der Waals surface area (Å²) in [7, 11) is 0. The van der Waals surface area contributed by atoms with Crippen molar-refractivity contribution in [2.45, 2.75) is 13.0 Å². The second-order valence-electron chi connectivity index (χ2n) is 3.94. The Morgan fingerprint density at radius 2 is 2.56 bits per heavy atom. The summed E-state index contributed by atoms with van der Waals surface area (Å²) in [6, 6.07) is 0. The molecule has 5 nitrogen and oxygen atoms in total. The monoisotopic (exact) mass is 268 g/mol. The van der Waals surface area contributed by atoms with Crippen LogP contribution in [0.4, 0.5) is 0 Å². The van der Waals surface area contributed by atoms with Crippen molar-refractivity contribution in [1.82, 2.24) is 10.3 Å². The lowest BCUT2D eigenvalue weighted by Gasteiger charge is -2.22. The highest BCUT2D eigenvalue weighted by Crippen LogP contribution is 2.08. The van der Waals surface area contributed by atoms with Gasteiger partial charge in [0.05, 0.1) is 36.6 Å². The minimum atomic E-state index is -0.144. The minimum absolute atomic E-state index is 0.0439. The Labute approximate surface area is 110 Å². The van der Waals surface area contributed by atoms with Crippen molar-refractivity contribution in [1.29, 1.82) is 0 Å². The molecular formula is C12H16N2O3S. The fourth-order valence-electron chi connectivity index (χ4n) is 1.55. The molecule has 1 aromatic heterocycles. The van der Waals surface area contributed by atoms with Gasteiger partial charge in [0.1, 0.15) is 0 Å². The predicted octanol–water partition coefficient (Wildman–Crippen LogP) is 0.996. The number of ether oxygens (including phenoxy) is 2. The number of nitrogens with one attached hydrogen (secondary N) is 1. The zero-order valence-electron chi connectivity index (χ0n) is 10.2. The molecule has 1 atom stereocenters. The number of aromatic nitrogens is 1. The first kappa shape index (κ1) is 13.2. The van der Waals surface area contributed by atoms with Gasteiger partial charge in [0.15, 0.2) is 0 Å². The number of thiazole rings is 1. The maximum Gasteiger partial charge on any atom is 0.244 e. The Hall–Kier alpha value is -1.24. The van der Waals surface area contributed by atoms with E-state index in [1.807, 2.05) is 12.3 Å². The third-order valence-electron chi connectivity index (χ3n) is 2.43. The molecule has 0 bridgehead atoms. The van der Waals surface area contributed by atoms with E-state index in [4.69, 9.17) is 9.47 Å². The molecular weight excluding hydrogens is 252 g/mol. The summed E-state index contributed by atoms with van der Waals surface area (Å²) in [6.07, 6.45) is 3.15. The number of rotatable bonds is 4. The SMILES string of the molecule is Cc1nc(/C=C\C(=O)NC[C@@H]2COCCO2)cs1. The molecule has 18 heavy (non-hydrogen) atoms. The zero-order valence-corrected chi connectivity index (χ0v) is 11.0. The number of carbonyl (C=O) groups is 1. The maximum absolute atomic E-state index is 11.5. The molecule has 98 valence electrons. The van der Waals surface area contributed by atoms with Crippen LogP contribution in [-0.4, -0.2) is 43.4 Å². The molecule has 1 N–H and O–H groups in total. The predicted molar refractivity (Wildman–Crippen MR) is 69.5 cm³/mol. The summed E-state index contributed by atoms with van der Waals surface area (Å²) in [5.74, 6) is -0.144. The van der Waals surface area contributed by atoms with Gasteiger partial charge in [0, 0.05) is 18.0 Å². The fourth-order valence-corrected chi connectivity index (χ4v) is 2.13. The van der Waals surface area contributed by atoms with Gasteiger partial charge in [-0.15, -0.1) is 11.3 Å². The van der Waals surface area contributed by atoms with Crippen molar-refractivity contribution in [2.75, 3.05) is 26.4 Å². The van der Waals surface area contributed by atoms with E-state index < -0.39 is 0 Å². The van der Waals surface area contributed by atoms with Crippen molar-refractivity contribution < 1.29 is 14.3 Å². The Bertz CT molecular complexity index is 425. The van der Waals surface area contributed by atoms with Gasteiger partial charge in [0.25, 0.3) is 0 Å². The topological polar surface area (TPSA) is 60.5 Å². The number of nitrogens with zero attached hydrogens (tertiary/aromatic N) is 1. The Morgan fingerprint density at radius 3 is 3.22 bits per heavy atom. The quantitative estimate of drug-likeness (QED) is 0.828. The van der Waals surface area contributed by atoms with Crippen molar-refractivity contribution in [2.24, 2.45) is 0 Å². The normalized spacial score (nSPS) is 20.2. The second kappa shape index (κ2) is 6.63. The molecule has 1 amide bonds. The van der Waals surface area contributed by atoms with Gasteiger partial charge in [-0.1, -0.05) is 0 Å². The van der Waals surface area contributed by atoms with Crippen LogP contribution in [0.5, 0.6) is 0 Å². The molecule has 1 aromatic rings. The molecule has 6 heteroatoms. The number of hydrogen-bond donors (Lipinski definition) is 1. The highest BCUT2D eigenvalue weighted by atomic mass is 32.1. The van der Waals surface area contributed by atoms with Crippen LogP contribution >= 0.6 is 11.3 Å². The Balaban J connectivity index is 1.73. The largest absolute Gasteiger partial charge is 0.376 e. The van der Waals surface area contributed by atoms with E-state index in [9.17, 15) is 4.79 Å². The van der Waals surface area contributed by atoms with Crippen LogP contribution in [0.15, 0.2) is 11.5 Å². The molecule has 0 radical (unpaired) electrons. The first-order chi connectivity index (χ1) is 8.74. The van der Waals surface area contributed by atoms with E-state index in [1.165, 1.54) is 6.08 Å². The minimum Gasteiger partial charge on any atom is -0.376 e. The first-order valence-electron chi connectivity index (χ1n) is 5.81. The molecule has 0 unspecified atom stereocenters. The Morgan fingerprint density at radius 1 is 1.67 bits per heavy atom. The molecule has 1 aliphatic heterocycles. The zero-order chi connectivity index (χ0) is 12.8. The highest BCUT2D eigenvalue weighted by Gasteiger charge is 2.14. The molecule has 1 aliphatic rings. The molecule has 0 spiro atoms. The lowest BCUT2D eigenvalue weighted by molar-refractivity contribution is -0.119. The van der Waals surface area contributed by atoms with E-state index >= 15 is 0 Å². The van der Waals surface area contributed by atoms with Crippen molar-refractivity contribution in [3.8, 4) is 0 Å². The van der Waals surface area contributed by atoms with Gasteiger partial charge in [-0.2, -0.15) is 0 Å². The summed E-state index contributed by atoms with van der Waals surface area (Å²) in [5.41, 5.74) is 0.810. The third-order valence-corrected chi connectivity index (χ3v) is 3.22. The van der Waals surface area contributed by atoms with Gasteiger partial charge < -0.3 is 14.8 Å². The second-order valence-corrected chi connectivity index (χ2v) is 5.00. The molecule has 0 saturated carbocycles. The molecule has 2 heterocycles. The summed E-state index contributed by atoms with van der Waals surface area (Å²) in [5, 5.41) is 5.68. The van der Waals surface area contributed by atoms with Crippen LogP contribution < -0.4 is 5.32 Å². The Kier molecular flexibility index (Phi) is 4.86. The van der Waals surface area contributed by atoms with Gasteiger partial charge in [-0.05, 0) is 13.0 Å². The average molecular weight is 268 g/mol. The van der Waals surface area contributed by atoms with Crippen LogP contribution in [0.2, 0.25) is 0 Å². The summed E-state index contributed by atoms with van der Waals surface area (Å²) in [6.45, 7) is 4.17. The van der Waals surface area contributed by atoms with E-state index in [0.717, 1.165) is 10.7 Å². The van der Waals surface area contributed by atoms with Crippen LogP contribution in [0, 0.1) is 6.92 Å². The number of hydrogen-bond acceptors (Lipinski definition) is 5. The number of carbonyl (C=O) groups excluding carboxylic acids is 1. The summed E-state index contributed by atoms with van der Waals surface area (Å²) < 4.78 is 10.7. The summed E-state index contributed by atoms with van der Waals surface area (Å²) in [4.78, 5) is 15.8. The smallest absolute Gasteiger partial charge is 0.244 e. The number of amides is 1. The van der Waals surface area contributed by atoms with Gasteiger partial charge >= 0.3 is 0 Å². The van der Waals surface area contributed by atoms with E-state index in [2.05, 4.69) is 10.3 Å². The van der Waals surface area contributed by atoms with Crippen molar-refractivity contribution in [3.63, 3.8) is 0 Å². The van der Waals surface area contributed by atoms with Crippen LogP contribution in [0.3, 0.4) is 0 Å². The van der Waals surface area contributed by atoms with E-state index in [1.54, 1.807) is 17.4 Å². The molecule has 0 aromatic carbocycles. The van der Waals surface area contributed by atoms with E-state index in [-0.39, 0.29) is 12.0 Å². The van der Waals surface area contributed by atoms with Crippen LogP contribution in [0.1, 0.15) is 10.7 Å². The fraction of sp³-hybridized carbons (Fsp3) is 0.500. The first-order valence-corrected chi connectivity index (χ1v) is 6.69. The lowest BCUT2D eigenvalue weighted by Crippen LogP contribution is -2.39. The molecule has 2 rings (SSSR count). The van der Waals surface area contributed by atoms with E-state index in [0.29, 0.717) is 26.4 Å². The van der Waals surface area contributed by atoms with Crippen molar-refractivity contribution >= 4 is 23.3 Å². The number of aryl methyl sites for hydroxylation is 1. The summed E-state index contributed by atoms with van der Waals surface area (Å²) >= 11 is 1.56.